The van der Waals surface area contributed by atoms with Gasteiger partial charge in [0.2, 0.25) is 0 Å². The number of tetrazole rings is 1. The fraction of sp³-hybridized carbons (Fsp3) is 0.750. The van der Waals surface area contributed by atoms with Gasteiger partial charge in [0.1, 0.15) is 5.78 Å². The first-order valence-corrected chi connectivity index (χ1v) is 4.48. The van der Waals surface area contributed by atoms with Gasteiger partial charge in [0, 0.05) is 19.3 Å². The van der Waals surface area contributed by atoms with Gasteiger partial charge >= 0.3 is 0 Å². The molecule has 1 aliphatic carbocycles. The maximum atomic E-state index is 11.0. The third kappa shape index (κ3) is 1.91. The van der Waals surface area contributed by atoms with E-state index >= 15 is 0 Å². The summed E-state index contributed by atoms with van der Waals surface area (Å²) >= 11 is 0. The Kier molecular flexibility index (Phi) is 2.08. The summed E-state index contributed by atoms with van der Waals surface area (Å²) in [6, 6.07) is 0. The van der Waals surface area contributed by atoms with Crippen molar-refractivity contribution in [1.29, 1.82) is 0 Å². The second-order valence-electron chi connectivity index (χ2n) is 3.55. The molecule has 0 aromatic carbocycles. The van der Waals surface area contributed by atoms with Crippen LogP contribution < -0.4 is 0 Å². The molecule has 0 radical (unpaired) electrons. The minimum Gasteiger partial charge on any atom is -0.300 e. The molecule has 1 aromatic rings. The molecule has 0 bridgehead atoms. The Bertz CT molecular complexity index is 320. The fourth-order valence-electron chi connectivity index (χ4n) is 1.73. The van der Waals surface area contributed by atoms with Crippen molar-refractivity contribution in [3.8, 4) is 0 Å². The Morgan fingerprint density at radius 3 is 3.00 bits per heavy atom. The molecule has 1 unspecified atom stereocenters. The van der Waals surface area contributed by atoms with Gasteiger partial charge in [0.05, 0.1) is 7.05 Å². The molecule has 0 amide bonds. The molecule has 5 nitrogen and oxygen atoms in total. The Morgan fingerprint density at radius 1 is 1.62 bits per heavy atom. The highest BCUT2D eigenvalue weighted by Gasteiger charge is 2.23. The fourth-order valence-corrected chi connectivity index (χ4v) is 1.73. The van der Waals surface area contributed by atoms with Gasteiger partial charge in [-0.2, -0.15) is 4.80 Å². The molecule has 13 heavy (non-hydrogen) atoms. The topological polar surface area (TPSA) is 60.7 Å². The summed E-state index contributed by atoms with van der Waals surface area (Å²) in [5.74, 6) is 1.56. The van der Waals surface area contributed by atoms with E-state index in [9.17, 15) is 4.79 Å². The maximum absolute atomic E-state index is 11.0. The zero-order valence-electron chi connectivity index (χ0n) is 7.60. The van der Waals surface area contributed by atoms with Crippen LogP contribution in [0.25, 0.3) is 0 Å². The monoisotopic (exact) mass is 180 g/mol. The minimum absolute atomic E-state index is 0.369. The van der Waals surface area contributed by atoms with E-state index in [1.807, 2.05) is 0 Å². The third-order valence-corrected chi connectivity index (χ3v) is 2.37. The van der Waals surface area contributed by atoms with Gasteiger partial charge < -0.3 is 0 Å². The van der Waals surface area contributed by atoms with Crippen molar-refractivity contribution >= 4 is 5.78 Å². The van der Waals surface area contributed by atoms with Gasteiger partial charge in [0.25, 0.3) is 0 Å². The van der Waals surface area contributed by atoms with E-state index in [1.165, 1.54) is 4.80 Å². The summed E-state index contributed by atoms with van der Waals surface area (Å²) in [5, 5.41) is 11.7. The van der Waals surface area contributed by atoms with Crippen LogP contribution in [0.1, 0.15) is 25.1 Å². The van der Waals surface area contributed by atoms with Crippen molar-refractivity contribution in [3.63, 3.8) is 0 Å². The Morgan fingerprint density at radius 2 is 2.46 bits per heavy atom. The van der Waals surface area contributed by atoms with Crippen LogP contribution in [0.2, 0.25) is 0 Å². The number of hydrogen-bond donors (Lipinski definition) is 0. The number of carbonyl (C=O) groups is 1. The molecule has 0 spiro atoms. The van der Waals surface area contributed by atoms with Crippen molar-refractivity contribution in [3.05, 3.63) is 5.82 Å². The van der Waals surface area contributed by atoms with Crippen molar-refractivity contribution in [2.24, 2.45) is 13.0 Å². The lowest BCUT2D eigenvalue weighted by molar-refractivity contribution is -0.117. The van der Waals surface area contributed by atoms with Gasteiger partial charge in [-0.25, -0.2) is 0 Å². The number of aromatic nitrogens is 4. The summed E-state index contributed by atoms with van der Waals surface area (Å²) < 4.78 is 0. The molecule has 1 heterocycles. The Hall–Kier alpha value is -1.26. The van der Waals surface area contributed by atoms with E-state index in [0.717, 1.165) is 25.1 Å². The highest BCUT2D eigenvalue weighted by Crippen LogP contribution is 2.24. The molecular weight excluding hydrogens is 168 g/mol. The second kappa shape index (κ2) is 3.24. The average molecular weight is 180 g/mol. The number of carbonyl (C=O) groups excluding carboxylic acids is 1. The quantitative estimate of drug-likeness (QED) is 0.648. The molecule has 0 N–H and O–H groups in total. The van der Waals surface area contributed by atoms with Crippen LogP contribution in [-0.2, 0) is 18.3 Å². The van der Waals surface area contributed by atoms with Crippen LogP contribution in [0.4, 0.5) is 0 Å². The van der Waals surface area contributed by atoms with Crippen LogP contribution >= 0.6 is 0 Å². The first-order chi connectivity index (χ1) is 6.24. The Balaban J connectivity index is 1.95. The third-order valence-electron chi connectivity index (χ3n) is 2.37. The van der Waals surface area contributed by atoms with Crippen LogP contribution in [0, 0.1) is 5.92 Å². The molecule has 0 saturated heterocycles. The van der Waals surface area contributed by atoms with Gasteiger partial charge in [-0.05, 0) is 17.6 Å². The maximum Gasteiger partial charge on any atom is 0.175 e. The number of Topliss-reactive ketones (excluding diaryl/α,β-unsaturated/α-hetero) is 1. The van der Waals surface area contributed by atoms with Crippen molar-refractivity contribution in [2.75, 3.05) is 0 Å². The van der Waals surface area contributed by atoms with E-state index in [0.29, 0.717) is 18.1 Å². The number of nitrogens with zero attached hydrogens (tertiary/aromatic N) is 4. The van der Waals surface area contributed by atoms with Gasteiger partial charge in [-0.1, -0.05) is 0 Å². The SMILES string of the molecule is Cn1nnc(CC2CCC(=O)C2)n1. The van der Waals surface area contributed by atoms with Gasteiger partial charge in [0.15, 0.2) is 5.82 Å². The average Bonchev–Trinajstić information content (AvgIpc) is 2.62. The molecule has 1 aliphatic rings. The predicted octanol–water partition coefficient (Wildman–Crippen LogP) is 0.122. The van der Waals surface area contributed by atoms with E-state index in [-0.39, 0.29) is 0 Å². The molecule has 2 rings (SSSR count). The largest absolute Gasteiger partial charge is 0.300 e. The summed E-state index contributed by atoms with van der Waals surface area (Å²) in [6.07, 6.45) is 3.19. The van der Waals surface area contributed by atoms with Crippen LogP contribution in [0.5, 0.6) is 0 Å². The van der Waals surface area contributed by atoms with E-state index in [1.54, 1.807) is 7.05 Å². The highest BCUT2D eigenvalue weighted by molar-refractivity contribution is 5.80. The second-order valence-corrected chi connectivity index (χ2v) is 3.55. The molecule has 1 atom stereocenters. The normalized spacial score (nSPS) is 22.5. The molecule has 70 valence electrons. The van der Waals surface area contributed by atoms with Gasteiger partial charge in [-0.15, -0.1) is 10.2 Å². The lowest BCUT2D eigenvalue weighted by atomic mass is 10.0. The van der Waals surface area contributed by atoms with E-state index in [4.69, 9.17) is 0 Å². The van der Waals surface area contributed by atoms with E-state index < -0.39 is 0 Å². The number of aryl methyl sites for hydroxylation is 1. The molecular formula is C8H12N4O. The van der Waals surface area contributed by atoms with Crippen LogP contribution in [-0.4, -0.2) is 26.0 Å². The van der Waals surface area contributed by atoms with Crippen LogP contribution in [0.15, 0.2) is 0 Å². The standard InChI is InChI=1S/C8H12N4O/c1-12-10-8(9-11-12)5-6-2-3-7(13)4-6/h6H,2-5H2,1H3. The van der Waals surface area contributed by atoms with E-state index in [2.05, 4.69) is 15.4 Å². The number of rotatable bonds is 2. The van der Waals surface area contributed by atoms with Crippen molar-refractivity contribution in [2.45, 2.75) is 25.7 Å². The molecule has 1 aromatic heterocycles. The zero-order valence-corrected chi connectivity index (χ0v) is 7.60. The predicted molar refractivity (Wildman–Crippen MR) is 44.9 cm³/mol. The lowest BCUT2D eigenvalue weighted by Crippen LogP contribution is -2.02. The highest BCUT2D eigenvalue weighted by atomic mass is 16.1. The lowest BCUT2D eigenvalue weighted by Gasteiger charge is -2.01. The molecule has 5 heteroatoms. The summed E-state index contributed by atoms with van der Waals surface area (Å²) in [5.41, 5.74) is 0. The minimum atomic E-state index is 0.369. The first kappa shape index (κ1) is 8.34. The summed E-state index contributed by atoms with van der Waals surface area (Å²) in [7, 11) is 1.75. The van der Waals surface area contributed by atoms with Gasteiger partial charge in [-0.3, -0.25) is 4.79 Å². The first-order valence-electron chi connectivity index (χ1n) is 4.48. The number of hydrogen-bond acceptors (Lipinski definition) is 4. The zero-order chi connectivity index (χ0) is 9.26. The van der Waals surface area contributed by atoms with Crippen molar-refractivity contribution < 1.29 is 4.79 Å². The number of ketones is 1. The molecule has 1 fully saturated rings. The smallest absolute Gasteiger partial charge is 0.175 e. The molecule has 0 aliphatic heterocycles. The summed E-state index contributed by atoms with van der Waals surface area (Å²) in [6.45, 7) is 0. The molecule has 1 saturated carbocycles. The van der Waals surface area contributed by atoms with Crippen molar-refractivity contribution in [1.82, 2.24) is 20.2 Å². The Labute approximate surface area is 76.1 Å². The van der Waals surface area contributed by atoms with Crippen LogP contribution in [0.3, 0.4) is 0 Å². The summed E-state index contributed by atoms with van der Waals surface area (Å²) in [4.78, 5) is 12.4.